The highest BCUT2D eigenvalue weighted by atomic mass is 32.1. The lowest BCUT2D eigenvalue weighted by molar-refractivity contribution is -0.111. The van der Waals surface area contributed by atoms with Gasteiger partial charge < -0.3 is 14.5 Å². The second-order valence-corrected chi connectivity index (χ2v) is 6.07. The summed E-state index contributed by atoms with van der Waals surface area (Å²) in [6.07, 6.45) is 4.32. The highest BCUT2D eigenvalue weighted by Crippen LogP contribution is 2.36. The molecular formula is C19H14FNO4S. The predicted molar refractivity (Wildman–Crippen MR) is 97.4 cm³/mol. The van der Waals surface area contributed by atoms with Crippen molar-refractivity contribution in [3.63, 3.8) is 0 Å². The number of hydrogen-bond donors (Lipinski definition) is 1. The monoisotopic (exact) mass is 371 g/mol. The average Bonchev–Trinajstić information content (AvgIpc) is 3.30. The van der Waals surface area contributed by atoms with E-state index in [1.165, 1.54) is 49.0 Å². The Morgan fingerprint density at radius 1 is 1.23 bits per heavy atom. The molecule has 1 aromatic carbocycles. The Morgan fingerprint density at radius 2 is 2.00 bits per heavy atom. The number of furan rings is 1. The molecule has 0 fully saturated rings. The summed E-state index contributed by atoms with van der Waals surface area (Å²) >= 11 is 1.19. The quantitative estimate of drug-likeness (QED) is 0.526. The Labute approximate surface area is 152 Å². The lowest BCUT2D eigenvalue weighted by Gasteiger charge is -2.06. The van der Waals surface area contributed by atoms with Crippen LogP contribution in [0.4, 0.5) is 9.39 Å². The molecule has 5 nitrogen and oxygen atoms in total. The first-order valence-corrected chi connectivity index (χ1v) is 8.44. The van der Waals surface area contributed by atoms with E-state index in [9.17, 15) is 14.0 Å². The fourth-order valence-corrected chi connectivity index (χ4v) is 3.25. The van der Waals surface area contributed by atoms with Crippen LogP contribution in [0.1, 0.15) is 16.1 Å². The first-order valence-electron chi connectivity index (χ1n) is 7.57. The van der Waals surface area contributed by atoms with Crippen molar-refractivity contribution >= 4 is 34.3 Å². The van der Waals surface area contributed by atoms with Crippen LogP contribution >= 0.6 is 11.3 Å². The molecule has 7 heteroatoms. The van der Waals surface area contributed by atoms with Crippen LogP contribution in [0.2, 0.25) is 0 Å². The van der Waals surface area contributed by atoms with Gasteiger partial charge in [-0.3, -0.25) is 4.79 Å². The number of ether oxygens (including phenoxy) is 1. The minimum atomic E-state index is -0.587. The van der Waals surface area contributed by atoms with E-state index in [2.05, 4.69) is 5.32 Å². The number of amides is 1. The smallest absolute Gasteiger partial charge is 0.341 e. The Bertz CT molecular complexity index is 943. The van der Waals surface area contributed by atoms with Gasteiger partial charge in [0.1, 0.15) is 22.1 Å². The highest BCUT2D eigenvalue weighted by Gasteiger charge is 2.21. The van der Waals surface area contributed by atoms with Crippen molar-refractivity contribution in [3.8, 4) is 11.1 Å². The van der Waals surface area contributed by atoms with Crippen LogP contribution in [-0.4, -0.2) is 19.0 Å². The lowest BCUT2D eigenvalue weighted by atomic mass is 10.0. The molecule has 0 atom stereocenters. The number of benzene rings is 1. The number of rotatable bonds is 5. The van der Waals surface area contributed by atoms with Gasteiger partial charge in [-0.1, -0.05) is 12.1 Å². The number of hydrogen-bond acceptors (Lipinski definition) is 5. The van der Waals surface area contributed by atoms with Crippen molar-refractivity contribution in [2.24, 2.45) is 0 Å². The van der Waals surface area contributed by atoms with Gasteiger partial charge in [0.15, 0.2) is 0 Å². The van der Waals surface area contributed by atoms with Crippen molar-refractivity contribution in [3.05, 3.63) is 71.3 Å². The maximum Gasteiger partial charge on any atom is 0.341 e. The zero-order valence-electron chi connectivity index (χ0n) is 13.7. The first-order chi connectivity index (χ1) is 12.6. The van der Waals surface area contributed by atoms with Crippen LogP contribution in [0.3, 0.4) is 0 Å². The number of esters is 1. The molecule has 2 aromatic heterocycles. The van der Waals surface area contributed by atoms with Gasteiger partial charge in [0.2, 0.25) is 5.91 Å². The van der Waals surface area contributed by atoms with Crippen LogP contribution in [0.5, 0.6) is 0 Å². The molecule has 0 saturated heterocycles. The molecule has 0 aliphatic carbocycles. The molecule has 132 valence electrons. The lowest BCUT2D eigenvalue weighted by Crippen LogP contribution is -2.11. The van der Waals surface area contributed by atoms with E-state index in [-0.39, 0.29) is 11.4 Å². The fourth-order valence-electron chi connectivity index (χ4n) is 2.29. The average molecular weight is 371 g/mol. The van der Waals surface area contributed by atoms with Gasteiger partial charge in [-0.15, -0.1) is 11.3 Å². The normalized spacial score (nSPS) is 10.8. The van der Waals surface area contributed by atoms with E-state index in [4.69, 9.17) is 9.15 Å². The van der Waals surface area contributed by atoms with Crippen molar-refractivity contribution in [2.75, 3.05) is 12.4 Å². The molecule has 1 N–H and O–H groups in total. The van der Waals surface area contributed by atoms with Gasteiger partial charge in [-0.2, -0.15) is 0 Å². The highest BCUT2D eigenvalue weighted by molar-refractivity contribution is 7.15. The molecule has 3 rings (SSSR count). The Morgan fingerprint density at radius 3 is 2.65 bits per heavy atom. The maximum absolute atomic E-state index is 13.1. The molecule has 3 aromatic rings. The molecule has 0 aliphatic heterocycles. The summed E-state index contributed by atoms with van der Waals surface area (Å²) in [6.45, 7) is 0. The van der Waals surface area contributed by atoms with Gasteiger partial charge in [0, 0.05) is 17.0 Å². The van der Waals surface area contributed by atoms with Crippen molar-refractivity contribution in [2.45, 2.75) is 0 Å². The predicted octanol–water partition coefficient (Wildman–Crippen LogP) is 4.59. The van der Waals surface area contributed by atoms with Gasteiger partial charge in [-0.05, 0) is 35.9 Å². The van der Waals surface area contributed by atoms with Crippen LogP contribution in [-0.2, 0) is 9.53 Å². The van der Waals surface area contributed by atoms with Gasteiger partial charge >= 0.3 is 5.97 Å². The van der Waals surface area contributed by atoms with Gasteiger partial charge in [0.25, 0.3) is 0 Å². The molecule has 2 heterocycles. The Balaban J connectivity index is 1.88. The van der Waals surface area contributed by atoms with Crippen LogP contribution in [0.15, 0.2) is 58.5 Å². The summed E-state index contributed by atoms with van der Waals surface area (Å²) < 4.78 is 23.1. The Hall–Kier alpha value is -3.19. The summed E-state index contributed by atoms with van der Waals surface area (Å²) in [6, 6.07) is 9.15. The largest absolute Gasteiger partial charge is 0.465 e. The van der Waals surface area contributed by atoms with Crippen molar-refractivity contribution in [1.82, 2.24) is 0 Å². The zero-order chi connectivity index (χ0) is 18.5. The number of thiophene rings is 1. The molecule has 0 radical (unpaired) electrons. The number of carbonyl (C=O) groups excluding carboxylic acids is 2. The summed E-state index contributed by atoms with van der Waals surface area (Å²) in [7, 11) is 1.26. The van der Waals surface area contributed by atoms with E-state index in [0.717, 1.165) is 0 Å². The van der Waals surface area contributed by atoms with E-state index in [1.54, 1.807) is 29.6 Å². The van der Waals surface area contributed by atoms with Crippen LogP contribution < -0.4 is 5.32 Å². The second kappa shape index (κ2) is 7.79. The molecule has 1 amide bonds. The van der Waals surface area contributed by atoms with Crippen molar-refractivity contribution < 1.29 is 23.1 Å². The van der Waals surface area contributed by atoms with Crippen molar-refractivity contribution in [1.29, 1.82) is 0 Å². The number of nitrogens with one attached hydrogen (secondary N) is 1. The minimum Gasteiger partial charge on any atom is -0.465 e. The summed E-state index contributed by atoms with van der Waals surface area (Å²) in [5, 5.41) is 4.73. The third kappa shape index (κ3) is 3.89. The summed E-state index contributed by atoms with van der Waals surface area (Å²) in [4.78, 5) is 24.3. The molecule has 26 heavy (non-hydrogen) atoms. The number of carbonyl (C=O) groups is 2. The summed E-state index contributed by atoms with van der Waals surface area (Å²) in [5.74, 6) is -0.846. The molecule has 0 aliphatic rings. The molecule has 0 unspecified atom stereocenters. The third-order valence-corrected chi connectivity index (χ3v) is 4.41. The topological polar surface area (TPSA) is 68.5 Å². The number of halogens is 1. The molecular weight excluding hydrogens is 357 g/mol. The Kier molecular flexibility index (Phi) is 5.28. The van der Waals surface area contributed by atoms with Gasteiger partial charge in [-0.25, -0.2) is 9.18 Å². The SMILES string of the molecule is COC(=O)c1c(-c2ccc(F)cc2)csc1NC(=O)/C=C\c1ccco1. The van der Waals surface area contributed by atoms with Crippen LogP contribution in [0.25, 0.3) is 17.2 Å². The van der Waals surface area contributed by atoms with E-state index in [0.29, 0.717) is 21.9 Å². The maximum atomic E-state index is 13.1. The van der Waals surface area contributed by atoms with E-state index < -0.39 is 11.9 Å². The molecule has 0 spiro atoms. The first kappa shape index (κ1) is 17.6. The number of methoxy groups -OCH3 is 1. The van der Waals surface area contributed by atoms with E-state index >= 15 is 0 Å². The standard InChI is InChI=1S/C19H14FNO4S/c1-24-19(23)17-15(12-4-6-13(20)7-5-12)11-26-18(17)21-16(22)9-8-14-3-2-10-25-14/h2-11H,1H3,(H,21,22)/b9-8-. The second-order valence-electron chi connectivity index (χ2n) is 5.19. The fraction of sp³-hybridized carbons (Fsp3) is 0.0526. The number of anilines is 1. The van der Waals surface area contributed by atoms with Crippen LogP contribution in [0, 0.1) is 5.82 Å². The minimum absolute atomic E-state index is 0.226. The molecule has 0 saturated carbocycles. The molecule has 0 bridgehead atoms. The van der Waals surface area contributed by atoms with E-state index in [1.807, 2.05) is 0 Å². The zero-order valence-corrected chi connectivity index (χ0v) is 14.5. The summed E-state index contributed by atoms with van der Waals surface area (Å²) in [5.41, 5.74) is 1.44. The third-order valence-electron chi connectivity index (χ3n) is 3.51. The van der Waals surface area contributed by atoms with Gasteiger partial charge in [0.05, 0.1) is 13.4 Å².